The first-order valence-electron chi connectivity index (χ1n) is 5.50. The zero-order chi connectivity index (χ0) is 11.1. The number of carbonyl (C=O) groups is 1. The molecule has 0 aromatic carbocycles. The zero-order valence-corrected chi connectivity index (χ0v) is 9.63. The number of hydrogen-bond donors (Lipinski definition) is 1. The molecule has 1 spiro atoms. The summed E-state index contributed by atoms with van der Waals surface area (Å²) in [7, 11) is 0. The Hall–Kier alpha value is -0.610. The minimum Gasteiger partial charge on any atom is -0.460 e. The van der Waals surface area contributed by atoms with Gasteiger partial charge < -0.3 is 14.8 Å². The van der Waals surface area contributed by atoms with Crippen LogP contribution in [-0.4, -0.2) is 36.9 Å². The second-order valence-corrected chi connectivity index (χ2v) is 5.38. The van der Waals surface area contributed by atoms with E-state index in [1.165, 1.54) is 0 Å². The Morgan fingerprint density at radius 3 is 2.80 bits per heavy atom. The number of carbonyl (C=O) groups excluding carboxylic acids is 1. The molecule has 2 rings (SSSR count). The molecule has 1 N–H and O–H groups in total. The van der Waals surface area contributed by atoms with E-state index in [0.717, 1.165) is 19.5 Å². The van der Waals surface area contributed by atoms with E-state index in [2.05, 4.69) is 5.32 Å². The van der Waals surface area contributed by atoms with Crippen molar-refractivity contribution in [1.29, 1.82) is 0 Å². The van der Waals surface area contributed by atoms with Crippen molar-refractivity contribution >= 4 is 5.97 Å². The Morgan fingerprint density at radius 2 is 2.27 bits per heavy atom. The van der Waals surface area contributed by atoms with E-state index in [-0.39, 0.29) is 17.5 Å². The molecule has 1 saturated heterocycles. The first-order chi connectivity index (χ1) is 6.93. The minimum atomic E-state index is -0.400. The largest absolute Gasteiger partial charge is 0.460 e. The van der Waals surface area contributed by atoms with E-state index in [0.29, 0.717) is 6.61 Å². The summed E-state index contributed by atoms with van der Waals surface area (Å²) in [5, 5.41) is 3.25. The highest BCUT2D eigenvalue weighted by Crippen LogP contribution is 2.48. The first kappa shape index (κ1) is 10.9. The third kappa shape index (κ3) is 2.32. The summed E-state index contributed by atoms with van der Waals surface area (Å²) in [6, 6.07) is 0. The molecular weight excluding hydrogens is 194 g/mol. The van der Waals surface area contributed by atoms with Crippen molar-refractivity contribution in [2.75, 3.05) is 19.7 Å². The normalized spacial score (nSPS) is 35.3. The number of rotatable bonds is 1. The van der Waals surface area contributed by atoms with Gasteiger partial charge in [-0.15, -0.1) is 0 Å². The monoisotopic (exact) mass is 213 g/mol. The number of nitrogens with one attached hydrogen (secondary N) is 1. The van der Waals surface area contributed by atoms with Gasteiger partial charge in [-0.05, 0) is 27.2 Å². The SMILES string of the molecule is CC(C)(C)OC(=O)C1CC12CNCCO2. The molecule has 1 saturated carbocycles. The van der Waals surface area contributed by atoms with Crippen molar-refractivity contribution in [3.8, 4) is 0 Å². The van der Waals surface area contributed by atoms with Crippen LogP contribution >= 0.6 is 0 Å². The van der Waals surface area contributed by atoms with Crippen LogP contribution in [0.3, 0.4) is 0 Å². The van der Waals surface area contributed by atoms with Gasteiger partial charge in [0.15, 0.2) is 0 Å². The average Bonchev–Trinajstić information content (AvgIpc) is 2.78. The lowest BCUT2D eigenvalue weighted by Crippen LogP contribution is -2.43. The van der Waals surface area contributed by atoms with Crippen molar-refractivity contribution in [1.82, 2.24) is 5.32 Å². The summed E-state index contributed by atoms with van der Waals surface area (Å²) in [5.74, 6) is -0.185. The molecule has 0 aromatic rings. The van der Waals surface area contributed by atoms with Gasteiger partial charge in [-0.2, -0.15) is 0 Å². The molecule has 2 atom stereocenters. The first-order valence-corrected chi connectivity index (χ1v) is 5.50. The number of morpholine rings is 1. The molecule has 0 aromatic heterocycles. The fourth-order valence-electron chi connectivity index (χ4n) is 1.99. The van der Waals surface area contributed by atoms with Crippen molar-refractivity contribution < 1.29 is 14.3 Å². The second kappa shape index (κ2) is 3.46. The van der Waals surface area contributed by atoms with E-state index in [1.54, 1.807) is 0 Å². The van der Waals surface area contributed by atoms with Crippen molar-refractivity contribution in [2.24, 2.45) is 5.92 Å². The molecule has 0 bridgehead atoms. The van der Waals surface area contributed by atoms with E-state index >= 15 is 0 Å². The van der Waals surface area contributed by atoms with E-state index in [9.17, 15) is 4.79 Å². The van der Waals surface area contributed by atoms with Gasteiger partial charge in [-0.25, -0.2) is 0 Å². The Labute approximate surface area is 90.3 Å². The fourth-order valence-corrected chi connectivity index (χ4v) is 1.99. The number of ether oxygens (including phenoxy) is 2. The average molecular weight is 213 g/mol. The fraction of sp³-hybridized carbons (Fsp3) is 0.909. The van der Waals surface area contributed by atoms with Crippen molar-refractivity contribution in [3.63, 3.8) is 0 Å². The van der Waals surface area contributed by atoms with Crippen LogP contribution in [0.15, 0.2) is 0 Å². The quantitative estimate of drug-likeness (QED) is 0.652. The van der Waals surface area contributed by atoms with Crippen LogP contribution in [0.4, 0.5) is 0 Å². The molecule has 1 aliphatic heterocycles. The Morgan fingerprint density at radius 1 is 1.53 bits per heavy atom. The smallest absolute Gasteiger partial charge is 0.312 e. The Bertz CT molecular complexity index is 263. The minimum absolute atomic E-state index is 0.0653. The molecule has 2 fully saturated rings. The summed E-state index contributed by atoms with van der Waals surface area (Å²) in [6.07, 6.45) is 0.801. The summed E-state index contributed by atoms with van der Waals surface area (Å²) in [5.41, 5.74) is -0.649. The highest BCUT2D eigenvalue weighted by molar-refractivity contribution is 5.78. The topological polar surface area (TPSA) is 47.6 Å². The van der Waals surface area contributed by atoms with Gasteiger partial charge in [-0.3, -0.25) is 4.79 Å². The number of esters is 1. The summed E-state index contributed by atoms with van der Waals surface area (Å²) < 4.78 is 11.0. The van der Waals surface area contributed by atoms with E-state index < -0.39 is 5.60 Å². The highest BCUT2D eigenvalue weighted by atomic mass is 16.6. The van der Waals surface area contributed by atoms with E-state index in [4.69, 9.17) is 9.47 Å². The molecule has 4 heteroatoms. The molecule has 4 nitrogen and oxygen atoms in total. The van der Waals surface area contributed by atoms with Crippen LogP contribution in [0.5, 0.6) is 0 Å². The predicted molar refractivity (Wildman–Crippen MR) is 55.5 cm³/mol. The van der Waals surface area contributed by atoms with Crippen molar-refractivity contribution in [2.45, 2.75) is 38.4 Å². The van der Waals surface area contributed by atoms with Crippen LogP contribution in [0.2, 0.25) is 0 Å². The maximum Gasteiger partial charge on any atom is 0.312 e. The summed E-state index contributed by atoms with van der Waals surface area (Å²) in [4.78, 5) is 11.8. The molecule has 2 aliphatic rings. The summed E-state index contributed by atoms with van der Waals surface area (Å²) in [6.45, 7) is 8.01. The van der Waals surface area contributed by atoms with Gasteiger partial charge in [0.25, 0.3) is 0 Å². The Kier molecular flexibility index (Phi) is 2.51. The summed E-state index contributed by atoms with van der Waals surface area (Å²) >= 11 is 0. The van der Waals surface area contributed by atoms with Crippen molar-refractivity contribution in [3.05, 3.63) is 0 Å². The lowest BCUT2D eigenvalue weighted by atomic mass is 10.2. The van der Waals surface area contributed by atoms with Crippen LogP contribution < -0.4 is 5.32 Å². The zero-order valence-electron chi connectivity index (χ0n) is 9.63. The van der Waals surface area contributed by atoms with Gasteiger partial charge >= 0.3 is 5.97 Å². The van der Waals surface area contributed by atoms with Gasteiger partial charge in [-0.1, -0.05) is 0 Å². The molecule has 2 unspecified atom stereocenters. The predicted octanol–water partition coefficient (Wildman–Crippen LogP) is 0.707. The maximum absolute atomic E-state index is 11.8. The van der Waals surface area contributed by atoms with Gasteiger partial charge in [0, 0.05) is 13.1 Å². The lowest BCUT2D eigenvalue weighted by Gasteiger charge is -2.25. The number of hydrogen-bond acceptors (Lipinski definition) is 4. The molecular formula is C11H19NO3. The van der Waals surface area contributed by atoms with Crippen LogP contribution in [0.25, 0.3) is 0 Å². The Balaban J connectivity index is 1.89. The van der Waals surface area contributed by atoms with Gasteiger partial charge in [0.05, 0.1) is 18.1 Å². The standard InChI is InChI=1S/C11H19NO3/c1-10(2,3)15-9(13)8-6-11(8)7-12-4-5-14-11/h8,12H,4-7H2,1-3H3. The lowest BCUT2D eigenvalue weighted by molar-refractivity contribution is -0.159. The maximum atomic E-state index is 11.8. The molecule has 0 radical (unpaired) electrons. The molecule has 86 valence electrons. The van der Waals surface area contributed by atoms with Gasteiger partial charge in [0.2, 0.25) is 0 Å². The third-order valence-corrected chi connectivity index (χ3v) is 2.81. The van der Waals surface area contributed by atoms with Gasteiger partial charge in [0.1, 0.15) is 5.60 Å². The third-order valence-electron chi connectivity index (χ3n) is 2.81. The van der Waals surface area contributed by atoms with Crippen LogP contribution in [0, 0.1) is 5.92 Å². The molecule has 0 amide bonds. The van der Waals surface area contributed by atoms with Crippen LogP contribution in [0.1, 0.15) is 27.2 Å². The van der Waals surface area contributed by atoms with E-state index in [1.807, 2.05) is 20.8 Å². The van der Waals surface area contributed by atoms with Crippen LogP contribution in [-0.2, 0) is 14.3 Å². The highest BCUT2D eigenvalue weighted by Gasteiger charge is 2.61. The molecule has 15 heavy (non-hydrogen) atoms. The second-order valence-electron chi connectivity index (χ2n) is 5.38. The molecule has 1 aliphatic carbocycles. The molecule has 1 heterocycles.